The first-order valence-corrected chi connectivity index (χ1v) is 3.30. The minimum absolute atomic E-state index is 0.203. The van der Waals surface area contributed by atoms with Gasteiger partial charge in [0.2, 0.25) is 0 Å². The maximum absolute atomic E-state index is 10.5. The number of primary amides is 1. The fourth-order valence-corrected chi connectivity index (χ4v) is 0.308. The third-order valence-corrected chi connectivity index (χ3v) is 1.05. The van der Waals surface area contributed by atoms with Gasteiger partial charge in [-0.2, -0.15) is 0 Å². The Morgan fingerprint density at radius 1 is 1.45 bits per heavy atom. The second-order valence-corrected chi connectivity index (χ2v) is 2.19. The molecular formula is C4H5NO5Si. The Balaban J connectivity index is 3.70. The summed E-state index contributed by atoms with van der Waals surface area (Å²) in [6.07, 6.45) is -1.24. The molecule has 0 rings (SSSR count). The van der Waals surface area contributed by atoms with Crippen LogP contribution in [-0.2, 0) is 14.6 Å². The molecule has 0 aliphatic carbocycles. The molecule has 0 aliphatic heterocycles. The molecule has 0 aromatic carbocycles. The molecule has 3 N–H and O–H groups in total. The van der Waals surface area contributed by atoms with Gasteiger partial charge in [-0.3, -0.25) is 0 Å². The Kier molecular flexibility index (Phi) is 3.92. The highest BCUT2D eigenvalue weighted by Gasteiger charge is 2.11. The van der Waals surface area contributed by atoms with Crippen LogP contribution >= 0.6 is 0 Å². The molecule has 0 heterocycles. The van der Waals surface area contributed by atoms with Crippen molar-refractivity contribution >= 4 is 21.8 Å². The lowest BCUT2D eigenvalue weighted by Gasteiger charge is -1.98. The van der Waals surface area contributed by atoms with Crippen LogP contribution in [0.3, 0.4) is 0 Å². The van der Waals surface area contributed by atoms with E-state index >= 15 is 0 Å². The zero-order valence-corrected chi connectivity index (χ0v) is 6.36. The second kappa shape index (κ2) is 4.47. The molecule has 7 heteroatoms. The predicted octanol–water partition coefficient (Wildman–Crippen LogP) is -1.33. The molecule has 6 nitrogen and oxygen atoms in total. The lowest BCUT2D eigenvalue weighted by Crippen LogP contribution is -2.19. The molecule has 0 aromatic heterocycles. The maximum Gasteiger partial charge on any atom is 0.447 e. The van der Waals surface area contributed by atoms with Crippen molar-refractivity contribution in [2.24, 2.45) is 5.73 Å². The Bertz CT molecular complexity index is 191. The predicted molar refractivity (Wildman–Crippen MR) is 33.9 cm³/mol. The molecule has 0 atom stereocenters. The van der Waals surface area contributed by atoms with Crippen LogP contribution in [0, 0.1) is 0 Å². The highest BCUT2D eigenvalue weighted by molar-refractivity contribution is 6.45. The Morgan fingerprint density at radius 2 is 2.00 bits per heavy atom. The minimum atomic E-state index is -1.24. The van der Waals surface area contributed by atoms with Crippen LogP contribution in [0.4, 0.5) is 4.79 Å². The first-order valence-electron chi connectivity index (χ1n) is 2.35. The van der Waals surface area contributed by atoms with E-state index in [0.29, 0.717) is 0 Å². The van der Waals surface area contributed by atoms with Gasteiger partial charge in [0.15, 0.2) is 0 Å². The summed E-state index contributed by atoms with van der Waals surface area (Å²) in [4.78, 5) is 36.1. The molecule has 60 valence electrons. The van der Waals surface area contributed by atoms with Gasteiger partial charge in [-0.05, 0) is 0 Å². The van der Waals surface area contributed by atoms with Gasteiger partial charge < -0.3 is 10.5 Å². The molecule has 0 aromatic rings. The fraction of sp³-hybridized carbons (Fsp3) is 0. The van der Waals surface area contributed by atoms with Gasteiger partial charge in [0, 0.05) is 5.20 Å². The molecule has 0 aliphatic rings. The van der Waals surface area contributed by atoms with Crippen LogP contribution in [0.25, 0.3) is 0 Å². The number of hydrogen-bond acceptors (Lipinski definition) is 5. The van der Waals surface area contributed by atoms with Crippen LogP contribution in [0.15, 0.2) is 11.8 Å². The molecule has 0 spiro atoms. The van der Waals surface area contributed by atoms with Crippen LogP contribution in [0.1, 0.15) is 0 Å². The lowest BCUT2D eigenvalue weighted by atomic mass is 10.7. The maximum atomic E-state index is 10.5. The summed E-state index contributed by atoms with van der Waals surface area (Å²) in [5, 5.41) is -0.203. The van der Waals surface area contributed by atoms with Gasteiger partial charge in [0.1, 0.15) is 0 Å². The Morgan fingerprint density at radius 3 is 2.36 bits per heavy atom. The zero-order valence-electron chi connectivity index (χ0n) is 5.36. The van der Waals surface area contributed by atoms with Crippen LogP contribution in [0.2, 0.25) is 0 Å². The monoisotopic (exact) mass is 175 g/mol. The van der Waals surface area contributed by atoms with E-state index in [9.17, 15) is 9.59 Å². The molecule has 0 fully saturated rings. The summed E-state index contributed by atoms with van der Waals surface area (Å²) in [6, 6.07) is 0. The standard InChI is InChI=1S/C4H5NO5Si/c1-2(11-8)3(6)9-10-4(5)7/h8H,1H2,(H2,5,7). The molecule has 0 bridgehead atoms. The summed E-state index contributed by atoms with van der Waals surface area (Å²) in [5.74, 6) is -1.02. The van der Waals surface area contributed by atoms with Gasteiger partial charge >= 0.3 is 12.1 Å². The normalized spacial score (nSPS) is 8.45. The number of carbonyl (C=O) groups excluding carboxylic acids is 2. The summed E-state index contributed by atoms with van der Waals surface area (Å²) >= 11 is 0. The largest absolute Gasteiger partial charge is 0.447 e. The van der Waals surface area contributed by atoms with E-state index in [-0.39, 0.29) is 5.20 Å². The highest BCUT2D eigenvalue weighted by atomic mass is 28.2. The van der Waals surface area contributed by atoms with Gasteiger partial charge in [0.05, 0.1) is 0 Å². The van der Waals surface area contributed by atoms with E-state index in [0.717, 1.165) is 0 Å². The second-order valence-electron chi connectivity index (χ2n) is 1.36. The number of rotatable bonds is 2. The van der Waals surface area contributed by atoms with E-state index in [1.165, 1.54) is 0 Å². The van der Waals surface area contributed by atoms with Crippen LogP contribution in [-0.4, -0.2) is 26.6 Å². The Labute approximate surface area is 64.5 Å². The first kappa shape index (κ1) is 9.66. The van der Waals surface area contributed by atoms with Crippen LogP contribution in [0.5, 0.6) is 0 Å². The highest BCUT2D eigenvalue weighted by Crippen LogP contribution is 1.91. The van der Waals surface area contributed by atoms with Crippen molar-refractivity contribution in [1.29, 1.82) is 0 Å². The molecule has 1 amide bonds. The average molecular weight is 175 g/mol. The van der Waals surface area contributed by atoms with Gasteiger partial charge in [-0.25, -0.2) is 19.4 Å². The number of nitrogens with two attached hydrogens (primary N) is 1. The van der Waals surface area contributed by atoms with Crippen molar-refractivity contribution < 1.29 is 24.2 Å². The fourth-order valence-electron chi connectivity index (χ4n) is 0.175. The summed E-state index contributed by atoms with van der Waals surface area (Å²) < 4.78 is 0. The molecule has 0 unspecified atom stereocenters. The van der Waals surface area contributed by atoms with Gasteiger partial charge in [-0.15, -0.1) is 0 Å². The van der Waals surface area contributed by atoms with Crippen molar-refractivity contribution in [3.8, 4) is 0 Å². The van der Waals surface area contributed by atoms with Crippen molar-refractivity contribution in [3.05, 3.63) is 11.8 Å². The Hall–Kier alpha value is -1.34. The first-order chi connectivity index (χ1) is 5.07. The van der Waals surface area contributed by atoms with E-state index < -0.39 is 21.8 Å². The van der Waals surface area contributed by atoms with Crippen molar-refractivity contribution in [3.63, 3.8) is 0 Å². The average Bonchev–Trinajstić information content (AvgIpc) is 1.98. The number of amides is 1. The topological polar surface area (TPSA) is 98.8 Å². The molecule has 11 heavy (non-hydrogen) atoms. The van der Waals surface area contributed by atoms with E-state index in [1.54, 1.807) is 0 Å². The van der Waals surface area contributed by atoms with Crippen molar-refractivity contribution in [2.75, 3.05) is 0 Å². The van der Waals surface area contributed by atoms with E-state index in [4.69, 9.17) is 4.80 Å². The summed E-state index contributed by atoms with van der Waals surface area (Å²) in [5.41, 5.74) is 4.45. The third kappa shape index (κ3) is 4.11. The van der Waals surface area contributed by atoms with Gasteiger partial charge in [0.25, 0.3) is 9.76 Å². The summed E-state index contributed by atoms with van der Waals surface area (Å²) in [7, 11) is -0.786. The SMILES string of the molecule is C=C([Si]O)C(=O)OOC(N)=O. The minimum Gasteiger partial charge on any atom is -0.427 e. The van der Waals surface area contributed by atoms with E-state index in [1.807, 2.05) is 0 Å². The van der Waals surface area contributed by atoms with Crippen molar-refractivity contribution in [2.45, 2.75) is 0 Å². The smallest absolute Gasteiger partial charge is 0.427 e. The number of carbonyl (C=O) groups is 2. The van der Waals surface area contributed by atoms with E-state index in [2.05, 4.69) is 22.1 Å². The number of hydrogen-bond donors (Lipinski definition) is 2. The van der Waals surface area contributed by atoms with Crippen LogP contribution < -0.4 is 5.73 Å². The van der Waals surface area contributed by atoms with Crippen molar-refractivity contribution in [1.82, 2.24) is 0 Å². The van der Waals surface area contributed by atoms with Gasteiger partial charge in [-0.1, -0.05) is 6.58 Å². The zero-order chi connectivity index (χ0) is 8.85. The molecule has 0 saturated carbocycles. The third-order valence-electron chi connectivity index (χ3n) is 0.581. The molecular weight excluding hydrogens is 170 g/mol. The quantitative estimate of drug-likeness (QED) is 0.234. The molecule has 0 saturated heterocycles. The lowest BCUT2D eigenvalue weighted by molar-refractivity contribution is -0.225. The molecule has 2 radical (unpaired) electrons. The summed E-state index contributed by atoms with van der Waals surface area (Å²) in [6.45, 7) is 3.11.